The summed E-state index contributed by atoms with van der Waals surface area (Å²) < 4.78 is 1.68. The molecule has 2 heterocycles. The van der Waals surface area contributed by atoms with Gasteiger partial charge in [0.25, 0.3) is 0 Å². The van der Waals surface area contributed by atoms with E-state index in [0.29, 0.717) is 12.1 Å². The van der Waals surface area contributed by atoms with Gasteiger partial charge in [-0.2, -0.15) is 16.9 Å². The van der Waals surface area contributed by atoms with Crippen molar-refractivity contribution < 1.29 is 9.90 Å². The Morgan fingerprint density at radius 2 is 2.32 bits per heavy atom. The number of carboxylic acids is 1. The number of hydrogen-bond acceptors (Lipinski definition) is 4. The Labute approximate surface area is 118 Å². The van der Waals surface area contributed by atoms with Crippen LogP contribution in [0.2, 0.25) is 0 Å². The number of carbonyl (C=O) groups is 1. The van der Waals surface area contributed by atoms with Crippen molar-refractivity contribution in [2.24, 2.45) is 7.05 Å². The van der Waals surface area contributed by atoms with Crippen LogP contribution in [0, 0.1) is 0 Å². The predicted octanol–water partition coefficient (Wildman–Crippen LogP) is 1.84. The number of hydrogen-bond donors (Lipinski definition) is 1. The van der Waals surface area contributed by atoms with Crippen LogP contribution in [0.3, 0.4) is 0 Å². The summed E-state index contributed by atoms with van der Waals surface area (Å²) in [4.78, 5) is 13.5. The zero-order valence-corrected chi connectivity index (χ0v) is 12.3. The third-order valence-electron chi connectivity index (χ3n) is 3.77. The average molecular weight is 283 g/mol. The first-order chi connectivity index (χ1) is 9.11. The largest absolute Gasteiger partial charge is 0.478 e. The van der Waals surface area contributed by atoms with E-state index in [4.69, 9.17) is 5.11 Å². The maximum absolute atomic E-state index is 11.2. The van der Waals surface area contributed by atoms with Crippen molar-refractivity contribution in [3.05, 3.63) is 17.5 Å². The summed E-state index contributed by atoms with van der Waals surface area (Å²) in [7, 11) is 1.81. The number of likely N-dealkylation sites (tertiary alicyclic amines) is 1. The van der Waals surface area contributed by atoms with Gasteiger partial charge in [-0.3, -0.25) is 9.58 Å². The first-order valence-corrected chi connectivity index (χ1v) is 7.90. The van der Waals surface area contributed by atoms with Crippen LogP contribution in [-0.4, -0.2) is 50.4 Å². The Bertz CT molecular complexity index is 447. The number of rotatable bonds is 4. The molecule has 0 bridgehead atoms. The SMILES string of the molecule is CSC1CCCN(Cc2c(C(=O)O)cnn2C)CC1. The zero-order chi connectivity index (χ0) is 13.8. The first-order valence-electron chi connectivity index (χ1n) is 6.61. The molecule has 2 rings (SSSR count). The highest BCUT2D eigenvalue weighted by atomic mass is 32.2. The Hall–Kier alpha value is -1.01. The molecule has 0 spiro atoms. The Balaban J connectivity index is 2.05. The molecular weight excluding hydrogens is 262 g/mol. The molecule has 6 heteroatoms. The summed E-state index contributed by atoms with van der Waals surface area (Å²) in [6, 6.07) is 0. The standard InChI is InChI=1S/C13H21N3O2S/c1-15-12(11(8-14-15)13(17)18)9-16-6-3-4-10(19-2)5-7-16/h8,10H,3-7,9H2,1-2H3,(H,17,18). The minimum atomic E-state index is -0.889. The van der Waals surface area contributed by atoms with Crippen LogP contribution < -0.4 is 0 Å². The highest BCUT2D eigenvalue weighted by Gasteiger charge is 2.20. The van der Waals surface area contributed by atoms with E-state index >= 15 is 0 Å². The van der Waals surface area contributed by atoms with Crippen molar-refractivity contribution in [2.45, 2.75) is 31.1 Å². The number of nitrogens with zero attached hydrogens (tertiary/aromatic N) is 3. The molecule has 0 saturated carbocycles. The van der Waals surface area contributed by atoms with Gasteiger partial charge in [-0.15, -0.1) is 0 Å². The van der Waals surface area contributed by atoms with Gasteiger partial charge in [-0.1, -0.05) is 0 Å². The van der Waals surface area contributed by atoms with Crippen LogP contribution >= 0.6 is 11.8 Å². The summed E-state index contributed by atoms with van der Waals surface area (Å²) >= 11 is 1.94. The molecule has 1 aromatic rings. The molecule has 1 saturated heterocycles. The van der Waals surface area contributed by atoms with Gasteiger partial charge in [-0.05, 0) is 38.6 Å². The molecule has 0 aliphatic carbocycles. The quantitative estimate of drug-likeness (QED) is 0.913. The number of aromatic carboxylic acids is 1. The number of aromatic nitrogens is 2. The molecular formula is C13H21N3O2S. The molecule has 19 heavy (non-hydrogen) atoms. The maximum atomic E-state index is 11.2. The lowest BCUT2D eigenvalue weighted by Crippen LogP contribution is -2.26. The summed E-state index contributed by atoms with van der Waals surface area (Å²) in [6.07, 6.45) is 7.24. The van der Waals surface area contributed by atoms with Crippen molar-refractivity contribution >= 4 is 17.7 Å². The van der Waals surface area contributed by atoms with Gasteiger partial charge in [-0.25, -0.2) is 4.79 Å². The zero-order valence-electron chi connectivity index (χ0n) is 11.5. The molecule has 1 aliphatic heterocycles. The maximum Gasteiger partial charge on any atom is 0.339 e. The second kappa shape index (κ2) is 6.43. The van der Waals surface area contributed by atoms with Gasteiger partial charge in [0.2, 0.25) is 0 Å². The molecule has 1 atom stereocenters. The fourth-order valence-corrected chi connectivity index (χ4v) is 3.30. The van der Waals surface area contributed by atoms with Crippen molar-refractivity contribution in [3.63, 3.8) is 0 Å². The van der Waals surface area contributed by atoms with E-state index < -0.39 is 5.97 Å². The van der Waals surface area contributed by atoms with Crippen molar-refractivity contribution in [1.29, 1.82) is 0 Å². The molecule has 1 unspecified atom stereocenters. The molecule has 1 aliphatic rings. The lowest BCUT2D eigenvalue weighted by atomic mass is 10.2. The molecule has 1 fully saturated rings. The minimum Gasteiger partial charge on any atom is -0.478 e. The third-order valence-corrected chi connectivity index (χ3v) is 4.90. The van der Waals surface area contributed by atoms with Gasteiger partial charge in [0.05, 0.1) is 11.9 Å². The van der Waals surface area contributed by atoms with Crippen LogP contribution in [0.25, 0.3) is 0 Å². The van der Waals surface area contributed by atoms with E-state index in [1.807, 2.05) is 18.8 Å². The van der Waals surface area contributed by atoms with Gasteiger partial charge >= 0.3 is 5.97 Å². The smallest absolute Gasteiger partial charge is 0.339 e. The topological polar surface area (TPSA) is 58.4 Å². The van der Waals surface area contributed by atoms with E-state index in [9.17, 15) is 4.79 Å². The number of aryl methyl sites for hydroxylation is 1. The summed E-state index contributed by atoms with van der Waals surface area (Å²) in [6.45, 7) is 2.76. The van der Waals surface area contributed by atoms with E-state index in [-0.39, 0.29) is 0 Å². The van der Waals surface area contributed by atoms with Gasteiger partial charge in [0, 0.05) is 18.8 Å². The van der Waals surface area contributed by atoms with Crippen molar-refractivity contribution in [2.75, 3.05) is 19.3 Å². The normalized spacial score (nSPS) is 21.3. The highest BCUT2D eigenvalue weighted by Crippen LogP contribution is 2.22. The monoisotopic (exact) mass is 283 g/mol. The van der Waals surface area contributed by atoms with E-state index in [1.165, 1.54) is 25.5 Å². The second-order valence-electron chi connectivity index (χ2n) is 5.00. The number of thioether (sulfide) groups is 1. The van der Waals surface area contributed by atoms with Crippen LogP contribution in [0.1, 0.15) is 35.3 Å². The van der Waals surface area contributed by atoms with Crippen LogP contribution in [-0.2, 0) is 13.6 Å². The Morgan fingerprint density at radius 1 is 1.53 bits per heavy atom. The summed E-state index contributed by atoms with van der Waals surface area (Å²) in [5, 5.41) is 14.0. The van der Waals surface area contributed by atoms with Crippen LogP contribution in [0.15, 0.2) is 6.20 Å². The second-order valence-corrected chi connectivity index (χ2v) is 6.14. The van der Waals surface area contributed by atoms with Gasteiger partial charge in [0.1, 0.15) is 5.56 Å². The molecule has 0 aromatic carbocycles. The highest BCUT2D eigenvalue weighted by molar-refractivity contribution is 7.99. The van der Waals surface area contributed by atoms with Crippen molar-refractivity contribution in [3.8, 4) is 0 Å². The van der Waals surface area contributed by atoms with E-state index in [0.717, 1.165) is 24.0 Å². The molecule has 5 nitrogen and oxygen atoms in total. The van der Waals surface area contributed by atoms with E-state index in [1.54, 1.807) is 4.68 Å². The molecule has 0 radical (unpaired) electrons. The van der Waals surface area contributed by atoms with E-state index in [2.05, 4.69) is 16.3 Å². The summed E-state index contributed by atoms with van der Waals surface area (Å²) in [5.74, 6) is -0.889. The Morgan fingerprint density at radius 3 is 3.00 bits per heavy atom. The lowest BCUT2D eigenvalue weighted by molar-refractivity contribution is 0.0694. The lowest BCUT2D eigenvalue weighted by Gasteiger charge is -2.20. The summed E-state index contributed by atoms with van der Waals surface area (Å²) in [5.41, 5.74) is 1.13. The third kappa shape index (κ3) is 3.51. The molecule has 106 valence electrons. The van der Waals surface area contributed by atoms with Gasteiger partial charge < -0.3 is 5.11 Å². The molecule has 0 amide bonds. The fraction of sp³-hybridized carbons (Fsp3) is 0.692. The first kappa shape index (κ1) is 14.4. The van der Waals surface area contributed by atoms with Crippen LogP contribution in [0.4, 0.5) is 0 Å². The van der Waals surface area contributed by atoms with Crippen LogP contribution in [0.5, 0.6) is 0 Å². The average Bonchev–Trinajstić information content (AvgIpc) is 2.62. The minimum absolute atomic E-state index is 0.327. The van der Waals surface area contributed by atoms with Gasteiger partial charge in [0.15, 0.2) is 0 Å². The fourth-order valence-electron chi connectivity index (χ4n) is 2.56. The predicted molar refractivity (Wildman–Crippen MR) is 76.6 cm³/mol. The Kier molecular flexibility index (Phi) is 4.87. The molecule has 1 aromatic heterocycles. The number of carboxylic acid groups (broad SMARTS) is 1. The van der Waals surface area contributed by atoms with Crippen molar-refractivity contribution in [1.82, 2.24) is 14.7 Å². The molecule has 1 N–H and O–H groups in total.